The third-order valence-corrected chi connectivity index (χ3v) is 5.73. The minimum Gasteiger partial charge on any atom is -0.356 e. The first-order valence-corrected chi connectivity index (χ1v) is 8.86. The quantitative estimate of drug-likeness (QED) is 0.762. The Balaban J connectivity index is 1.73. The van der Waals surface area contributed by atoms with Crippen molar-refractivity contribution in [3.8, 4) is 0 Å². The van der Waals surface area contributed by atoms with Crippen molar-refractivity contribution in [3.05, 3.63) is 17.0 Å². The van der Waals surface area contributed by atoms with Gasteiger partial charge in [-0.1, -0.05) is 44.2 Å². The third-order valence-electron chi connectivity index (χ3n) is 5.41. The van der Waals surface area contributed by atoms with E-state index in [1.54, 1.807) is 6.33 Å². The van der Waals surface area contributed by atoms with Gasteiger partial charge < -0.3 is 4.90 Å². The summed E-state index contributed by atoms with van der Waals surface area (Å²) in [5, 5.41) is 0.639. The van der Waals surface area contributed by atoms with Crippen molar-refractivity contribution in [2.75, 3.05) is 18.0 Å². The molecule has 1 saturated carbocycles. The fourth-order valence-corrected chi connectivity index (χ4v) is 4.34. The summed E-state index contributed by atoms with van der Waals surface area (Å²) >= 11 is 6.29. The average Bonchev–Trinajstić information content (AvgIpc) is 2.51. The molecule has 1 aromatic heterocycles. The predicted octanol–water partition coefficient (Wildman–Crippen LogP) is 4.63. The van der Waals surface area contributed by atoms with Gasteiger partial charge in [-0.2, -0.15) is 0 Å². The van der Waals surface area contributed by atoms with E-state index in [0.717, 1.165) is 37.3 Å². The van der Waals surface area contributed by atoms with Crippen molar-refractivity contribution in [1.82, 2.24) is 9.97 Å². The Bertz CT molecular complexity index is 473. The molecule has 21 heavy (non-hydrogen) atoms. The molecule has 116 valence electrons. The first kappa shape index (κ1) is 15.1. The number of piperidine rings is 1. The molecule has 0 unspecified atom stereocenters. The maximum Gasteiger partial charge on any atom is 0.137 e. The van der Waals surface area contributed by atoms with E-state index in [2.05, 4.69) is 21.8 Å². The van der Waals surface area contributed by atoms with Crippen molar-refractivity contribution < 1.29 is 0 Å². The second kappa shape index (κ2) is 6.51. The Hall–Kier alpha value is -0.830. The Morgan fingerprint density at radius 2 is 1.81 bits per heavy atom. The SMILES string of the molecule is CCCc1c(Cl)ncnc1N1CCC2(CCCCC2)CC1. The van der Waals surface area contributed by atoms with Gasteiger partial charge in [0.25, 0.3) is 0 Å². The number of hydrogen-bond acceptors (Lipinski definition) is 3. The summed E-state index contributed by atoms with van der Waals surface area (Å²) in [7, 11) is 0. The van der Waals surface area contributed by atoms with E-state index < -0.39 is 0 Å². The zero-order valence-electron chi connectivity index (χ0n) is 13.1. The van der Waals surface area contributed by atoms with Gasteiger partial charge in [0.2, 0.25) is 0 Å². The lowest BCUT2D eigenvalue weighted by Gasteiger charge is -2.45. The zero-order valence-corrected chi connectivity index (χ0v) is 13.8. The summed E-state index contributed by atoms with van der Waals surface area (Å²) in [6, 6.07) is 0. The van der Waals surface area contributed by atoms with Crippen LogP contribution in [0, 0.1) is 5.41 Å². The highest BCUT2D eigenvalue weighted by atomic mass is 35.5. The fourth-order valence-electron chi connectivity index (χ4n) is 4.11. The van der Waals surface area contributed by atoms with Gasteiger partial charge in [0.15, 0.2) is 0 Å². The molecular weight excluding hydrogens is 282 g/mol. The Morgan fingerprint density at radius 1 is 1.10 bits per heavy atom. The van der Waals surface area contributed by atoms with E-state index in [9.17, 15) is 0 Å². The van der Waals surface area contributed by atoms with E-state index in [-0.39, 0.29) is 0 Å². The van der Waals surface area contributed by atoms with Gasteiger partial charge in [0, 0.05) is 18.7 Å². The van der Waals surface area contributed by atoms with Crippen LogP contribution >= 0.6 is 11.6 Å². The lowest BCUT2D eigenvalue weighted by molar-refractivity contribution is 0.144. The molecule has 0 amide bonds. The minimum atomic E-state index is 0.635. The van der Waals surface area contributed by atoms with Crippen LogP contribution in [-0.2, 0) is 6.42 Å². The van der Waals surface area contributed by atoms with Gasteiger partial charge in [0.05, 0.1) is 0 Å². The molecule has 1 aliphatic carbocycles. The van der Waals surface area contributed by atoms with Crippen LogP contribution < -0.4 is 4.90 Å². The molecule has 2 aliphatic rings. The number of rotatable bonds is 3. The van der Waals surface area contributed by atoms with Gasteiger partial charge in [-0.25, -0.2) is 9.97 Å². The van der Waals surface area contributed by atoms with Crippen molar-refractivity contribution >= 4 is 17.4 Å². The molecular formula is C17H26ClN3. The van der Waals surface area contributed by atoms with Crippen molar-refractivity contribution in [2.45, 2.75) is 64.7 Å². The monoisotopic (exact) mass is 307 g/mol. The van der Waals surface area contributed by atoms with Crippen LogP contribution in [-0.4, -0.2) is 23.1 Å². The molecule has 3 rings (SSSR count). The summed E-state index contributed by atoms with van der Waals surface area (Å²) in [6.07, 6.45) is 13.5. The van der Waals surface area contributed by atoms with E-state index in [4.69, 9.17) is 11.6 Å². The standard InChI is InChI=1S/C17H26ClN3/c1-2-6-14-15(18)19-13-20-16(14)21-11-9-17(10-12-21)7-4-3-5-8-17/h13H,2-12H2,1H3. The summed E-state index contributed by atoms with van der Waals surface area (Å²) in [4.78, 5) is 11.2. The molecule has 0 radical (unpaired) electrons. The van der Waals surface area contributed by atoms with Crippen LogP contribution in [0.5, 0.6) is 0 Å². The Kier molecular flexibility index (Phi) is 4.68. The maximum absolute atomic E-state index is 6.29. The maximum atomic E-state index is 6.29. The largest absolute Gasteiger partial charge is 0.356 e. The van der Waals surface area contributed by atoms with Crippen LogP contribution in [0.4, 0.5) is 5.82 Å². The molecule has 1 saturated heterocycles. The lowest BCUT2D eigenvalue weighted by Crippen LogP contribution is -2.41. The van der Waals surface area contributed by atoms with Crippen LogP contribution in [0.15, 0.2) is 6.33 Å². The summed E-state index contributed by atoms with van der Waals surface area (Å²) in [5.41, 5.74) is 1.78. The third kappa shape index (κ3) is 3.18. The second-order valence-corrected chi connectivity index (χ2v) is 7.12. The molecule has 1 aliphatic heterocycles. The number of hydrogen-bond donors (Lipinski definition) is 0. The van der Waals surface area contributed by atoms with Crippen molar-refractivity contribution in [1.29, 1.82) is 0 Å². The van der Waals surface area contributed by atoms with Gasteiger partial charge in [-0.05, 0) is 37.5 Å². The summed E-state index contributed by atoms with van der Waals surface area (Å²) in [5.74, 6) is 1.09. The second-order valence-electron chi connectivity index (χ2n) is 6.76. The first-order valence-electron chi connectivity index (χ1n) is 8.48. The molecule has 3 nitrogen and oxygen atoms in total. The lowest BCUT2D eigenvalue weighted by atomic mass is 9.68. The number of nitrogens with zero attached hydrogens (tertiary/aromatic N) is 3. The Labute approximate surface area is 133 Å². The summed E-state index contributed by atoms with van der Waals surface area (Å²) in [6.45, 7) is 4.44. The van der Waals surface area contributed by atoms with Crippen LogP contribution in [0.25, 0.3) is 0 Å². The molecule has 1 aromatic rings. The Morgan fingerprint density at radius 3 is 2.48 bits per heavy atom. The molecule has 4 heteroatoms. The topological polar surface area (TPSA) is 29.0 Å². The highest BCUT2D eigenvalue weighted by Crippen LogP contribution is 2.45. The van der Waals surface area contributed by atoms with Crippen LogP contribution in [0.1, 0.15) is 63.9 Å². The molecule has 0 aromatic carbocycles. The molecule has 0 atom stereocenters. The smallest absolute Gasteiger partial charge is 0.137 e. The predicted molar refractivity (Wildman–Crippen MR) is 88.0 cm³/mol. The van der Waals surface area contributed by atoms with Gasteiger partial charge in [-0.3, -0.25) is 0 Å². The van der Waals surface area contributed by atoms with E-state index >= 15 is 0 Å². The van der Waals surface area contributed by atoms with E-state index in [1.165, 1.54) is 44.9 Å². The highest BCUT2D eigenvalue weighted by molar-refractivity contribution is 6.30. The normalized spacial score (nSPS) is 21.7. The first-order chi connectivity index (χ1) is 10.2. The van der Waals surface area contributed by atoms with E-state index in [0.29, 0.717) is 10.6 Å². The average molecular weight is 308 g/mol. The molecule has 2 heterocycles. The number of aromatic nitrogens is 2. The minimum absolute atomic E-state index is 0.635. The zero-order chi connectivity index (χ0) is 14.7. The molecule has 0 bridgehead atoms. The molecule has 0 N–H and O–H groups in total. The van der Waals surface area contributed by atoms with Gasteiger partial charge >= 0.3 is 0 Å². The fraction of sp³-hybridized carbons (Fsp3) is 0.765. The number of halogens is 1. The van der Waals surface area contributed by atoms with Crippen molar-refractivity contribution in [2.24, 2.45) is 5.41 Å². The van der Waals surface area contributed by atoms with Gasteiger partial charge in [-0.15, -0.1) is 0 Å². The van der Waals surface area contributed by atoms with Gasteiger partial charge in [0.1, 0.15) is 17.3 Å². The number of anilines is 1. The van der Waals surface area contributed by atoms with Crippen LogP contribution in [0.2, 0.25) is 5.15 Å². The summed E-state index contributed by atoms with van der Waals surface area (Å²) < 4.78 is 0. The highest BCUT2D eigenvalue weighted by Gasteiger charge is 2.36. The van der Waals surface area contributed by atoms with Crippen molar-refractivity contribution in [3.63, 3.8) is 0 Å². The molecule has 1 spiro atoms. The molecule has 2 fully saturated rings. The van der Waals surface area contributed by atoms with Crippen LogP contribution in [0.3, 0.4) is 0 Å². The van der Waals surface area contributed by atoms with E-state index in [1.807, 2.05) is 0 Å².